The van der Waals surface area contributed by atoms with Gasteiger partial charge in [-0.05, 0) is 38.1 Å². The van der Waals surface area contributed by atoms with Crippen molar-refractivity contribution in [2.45, 2.75) is 26.4 Å². The van der Waals surface area contributed by atoms with Crippen LogP contribution in [0.2, 0.25) is 0 Å². The fraction of sp³-hybridized carbons (Fsp3) is 0.500. The van der Waals surface area contributed by atoms with Crippen molar-refractivity contribution in [1.29, 1.82) is 0 Å². The highest BCUT2D eigenvalue weighted by Crippen LogP contribution is 2.10. The number of aliphatic hydroxyl groups is 2. The minimum absolute atomic E-state index is 0.188. The van der Waals surface area contributed by atoms with Crippen LogP contribution in [0.15, 0.2) is 24.3 Å². The van der Waals surface area contributed by atoms with E-state index in [1.807, 2.05) is 0 Å². The molecule has 134 valence electrons. The van der Waals surface area contributed by atoms with E-state index in [2.05, 4.69) is 0 Å². The van der Waals surface area contributed by atoms with Gasteiger partial charge in [0.2, 0.25) is 12.6 Å². The highest BCUT2D eigenvalue weighted by atomic mass is 16.7. The van der Waals surface area contributed by atoms with Crippen molar-refractivity contribution < 1.29 is 38.7 Å². The molecule has 8 heteroatoms. The number of esters is 2. The Bertz CT molecular complexity index is 466. The molecule has 1 aromatic rings. The number of hydrogen-bond acceptors (Lipinski definition) is 8. The van der Waals surface area contributed by atoms with Crippen LogP contribution in [0.25, 0.3) is 0 Å². The molecule has 0 radical (unpaired) electrons. The van der Waals surface area contributed by atoms with Crippen molar-refractivity contribution in [3.8, 4) is 0 Å². The third-order valence-electron chi connectivity index (χ3n) is 2.84. The average molecular weight is 342 g/mol. The Balaban J connectivity index is 2.67. The third-order valence-corrected chi connectivity index (χ3v) is 2.84. The Morgan fingerprint density at radius 2 is 1.17 bits per heavy atom. The van der Waals surface area contributed by atoms with Gasteiger partial charge in [0.25, 0.3) is 0 Å². The van der Waals surface area contributed by atoms with Gasteiger partial charge in [0.1, 0.15) is 13.2 Å². The maximum absolute atomic E-state index is 11.9. The molecule has 1 rings (SSSR count). The van der Waals surface area contributed by atoms with Crippen LogP contribution in [0.1, 0.15) is 34.6 Å². The number of carbonyl (C=O) groups is 2. The first kappa shape index (κ1) is 20.0. The lowest BCUT2D eigenvalue weighted by Gasteiger charge is -2.16. The van der Waals surface area contributed by atoms with E-state index in [1.165, 1.54) is 24.3 Å². The summed E-state index contributed by atoms with van der Waals surface area (Å²) in [4.78, 5) is 23.8. The molecule has 0 aliphatic carbocycles. The highest BCUT2D eigenvalue weighted by molar-refractivity contribution is 5.93. The van der Waals surface area contributed by atoms with E-state index in [-0.39, 0.29) is 24.3 Å². The van der Waals surface area contributed by atoms with Crippen molar-refractivity contribution in [3.63, 3.8) is 0 Å². The summed E-state index contributed by atoms with van der Waals surface area (Å²) in [6.07, 6.45) is -2.08. The summed E-state index contributed by atoms with van der Waals surface area (Å²) in [5, 5.41) is 18.1. The molecule has 0 aromatic heterocycles. The molecule has 0 aliphatic rings. The monoisotopic (exact) mass is 342 g/mol. The molecule has 0 amide bonds. The Morgan fingerprint density at radius 3 is 1.42 bits per heavy atom. The van der Waals surface area contributed by atoms with E-state index in [9.17, 15) is 9.59 Å². The standard InChI is InChI=1S/C16H22O8/c1-3-21-13(9-17)23-15(19)11-5-7-12(8-6-11)16(20)24-14(10-18)22-4-2/h5-8,13-14,17-18H,3-4,9-10H2,1-2H3. The smallest absolute Gasteiger partial charge is 0.340 e. The number of aliphatic hydroxyl groups excluding tert-OH is 2. The first-order valence-corrected chi connectivity index (χ1v) is 7.52. The Morgan fingerprint density at radius 1 is 0.833 bits per heavy atom. The SMILES string of the molecule is CCOC(CO)OC(=O)c1ccc(C(=O)OC(CO)OCC)cc1. The highest BCUT2D eigenvalue weighted by Gasteiger charge is 2.18. The summed E-state index contributed by atoms with van der Waals surface area (Å²) in [6, 6.07) is 5.53. The summed E-state index contributed by atoms with van der Waals surface area (Å²) in [5.41, 5.74) is 0.376. The van der Waals surface area contributed by atoms with Crippen LogP contribution in [-0.2, 0) is 18.9 Å². The third kappa shape index (κ3) is 6.25. The first-order valence-electron chi connectivity index (χ1n) is 7.52. The molecule has 0 aliphatic heterocycles. The van der Waals surface area contributed by atoms with E-state index in [4.69, 9.17) is 29.2 Å². The minimum Gasteiger partial charge on any atom is -0.430 e. The van der Waals surface area contributed by atoms with Crippen LogP contribution in [0.3, 0.4) is 0 Å². The number of hydrogen-bond donors (Lipinski definition) is 2. The molecule has 0 saturated carbocycles. The fourth-order valence-corrected chi connectivity index (χ4v) is 1.74. The van der Waals surface area contributed by atoms with E-state index >= 15 is 0 Å². The molecule has 2 unspecified atom stereocenters. The molecule has 2 N–H and O–H groups in total. The maximum Gasteiger partial charge on any atom is 0.340 e. The second-order valence-electron chi connectivity index (χ2n) is 4.52. The maximum atomic E-state index is 11.9. The van der Waals surface area contributed by atoms with Crippen molar-refractivity contribution in [1.82, 2.24) is 0 Å². The normalized spacial score (nSPS) is 13.2. The van der Waals surface area contributed by atoms with Gasteiger partial charge < -0.3 is 29.2 Å². The fourth-order valence-electron chi connectivity index (χ4n) is 1.74. The minimum atomic E-state index is -1.04. The summed E-state index contributed by atoms with van der Waals surface area (Å²) < 4.78 is 20.0. The zero-order chi connectivity index (χ0) is 17.9. The van der Waals surface area contributed by atoms with Crippen LogP contribution < -0.4 is 0 Å². The van der Waals surface area contributed by atoms with Crippen LogP contribution in [0, 0.1) is 0 Å². The molecule has 0 fully saturated rings. The largest absolute Gasteiger partial charge is 0.430 e. The quantitative estimate of drug-likeness (QED) is 0.472. The Labute approximate surface area is 139 Å². The second-order valence-corrected chi connectivity index (χ2v) is 4.52. The van der Waals surface area contributed by atoms with Gasteiger partial charge in [-0.25, -0.2) is 9.59 Å². The predicted molar refractivity (Wildman–Crippen MR) is 82.3 cm³/mol. The van der Waals surface area contributed by atoms with E-state index in [0.717, 1.165) is 0 Å². The van der Waals surface area contributed by atoms with Gasteiger partial charge in [-0.1, -0.05) is 0 Å². The zero-order valence-corrected chi connectivity index (χ0v) is 13.6. The topological polar surface area (TPSA) is 112 Å². The molecule has 24 heavy (non-hydrogen) atoms. The molecule has 2 atom stereocenters. The number of ether oxygens (including phenoxy) is 4. The van der Waals surface area contributed by atoms with Crippen LogP contribution in [0.4, 0.5) is 0 Å². The first-order chi connectivity index (χ1) is 11.5. The average Bonchev–Trinajstić information content (AvgIpc) is 2.60. The summed E-state index contributed by atoms with van der Waals surface area (Å²) >= 11 is 0. The summed E-state index contributed by atoms with van der Waals surface area (Å²) in [7, 11) is 0. The molecule has 0 spiro atoms. The predicted octanol–water partition coefficient (Wildman–Crippen LogP) is 0.710. The van der Waals surface area contributed by atoms with Gasteiger partial charge in [0.05, 0.1) is 11.1 Å². The van der Waals surface area contributed by atoms with E-state index in [1.54, 1.807) is 13.8 Å². The van der Waals surface area contributed by atoms with Gasteiger partial charge in [0.15, 0.2) is 0 Å². The van der Waals surface area contributed by atoms with E-state index < -0.39 is 37.7 Å². The van der Waals surface area contributed by atoms with E-state index in [0.29, 0.717) is 0 Å². The van der Waals surface area contributed by atoms with Crippen molar-refractivity contribution in [2.24, 2.45) is 0 Å². The van der Waals surface area contributed by atoms with Gasteiger partial charge in [0, 0.05) is 13.2 Å². The number of carbonyl (C=O) groups excluding carboxylic acids is 2. The molecule has 0 heterocycles. The Kier molecular flexibility index (Phi) is 8.95. The van der Waals surface area contributed by atoms with Gasteiger partial charge >= 0.3 is 11.9 Å². The van der Waals surface area contributed by atoms with Gasteiger partial charge in [-0.15, -0.1) is 0 Å². The lowest BCUT2D eigenvalue weighted by molar-refractivity contribution is -0.129. The molecule has 8 nitrogen and oxygen atoms in total. The number of rotatable bonds is 10. The zero-order valence-electron chi connectivity index (χ0n) is 13.6. The van der Waals surface area contributed by atoms with Crippen molar-refractivity contribution >= 4 is 11.9 Å². The van der Waals surface area contributed by atoms with Crippen LogP contribution in [-0.4, -0.2) is 61.2 Å². The molecule has 0 bridgehead atoms. The van der Waals surface area contributed by atoms with Gasteiger partial charge in [-0.3, -0.25) is 0 Å². The molecule has 0 saturated heterocycles. The lowest BCUT2D eigenvalue weighted by Crippen LogP contribution is -2.26. The lowest BCUT2D eigenvalue weighted by atomic mass is 10.1. The van der Waals surface area contributed by atoms with Crippen LogP contribution >= 0.6 is 0 Å². The second kappa shape index (κ2) is 10.7. The van der Waals surface area contributed by atoms with Gasteiger partial charge in [-0.2, -0.15) is 0 Å². The summed E-state index contributed by atoms with van der Waals surface area (Å²) in [5.74, 6) is -1.38. The van der Waals surface area contributed by atoms with Crippen molar-refractivity contribution in [2.75, 3.05) is 26.4 Å². The summed E-state index contributed by atoms with van der Waals surface area (Å²) in [6.45, 7) is 3.08. The molecular formula is C16H22O8. The number of benzene rings is 1. The van der Waals surface area contributed by atoms with Crippen LogP contribution in [0.5, 0.6) is 0 Å². The Hall–Kier alpha value is -2.00. The molecule has 1 aromatic carbocycles. The van der Waals surface area contributed by atoms with Crippen molar-refractivity contribution in [3.05, 3.63) is 35.4 Å². The molecular weight excluding hydrogens is 320 g/mol.